The first-order valence-corrected chi connectivity index (χ1v) is 7.95. The summed E-state index contributed by atoms with van der Waals surface area (Å²) in [6, 6.07) is 0.568. The van der Waals surface area contributed by atoms with Crippen LogP contribution < -0.4 is 10.5 Å². The van der Waals surface area contributed by atoms with E-state index in [1.807, 2.05) is 6.20 Å². The van der Waals surface area contributed by atoms with E-state index in [0.29, 0.717) is 12.0 Å². The predicted octanol–water partition coefficient (Wildman–Crippen LogP) is 3.48. The minimum Gasteiger partial charge on any atom is -0.493 e. The summed E-state index contributed by atoms with van der Waals surface area (Å²) in [7, 11) is 1.73. The van der Waals surface area contributed by atoms with Gasteiger partial charge in [0.05, 0.1) is 19.0 Å². The lowest BCUT2D eigenvalue weighted by Crippen LogP contribution is -2.36. The fourth-order valence-corrected chi connectivity index (χ4v) is 3.54. The fourth-order valence-electron chi connectivity index (χ4n) is 3.54. The summed E-state index contributed by atoms with van der Waals surface area (Å²) >= 11 is 0. The molecule has 1 aliphatic carbocycles. The molecule has 0 saturated heterocycles. The molecule has 1 fully saturated rings. The van der Waals surface area contributed by atoms with Crippen LogP contribution in [0.15, 0.2) is 6.20 Å². The quantitative estimate of drug-likeness (QED) is 0.897. The fraction of sp³-hybridized carbons (Fsp3) is 0.812. The van der Waals surface area contributed by atoms with Crippen LogP contribution in [-0.4, -0.2) is 22.9 Å². The van der Waals surface area contributed by atoms with Crippen LogP contribution >= 0.6 is 0 Å². The summed E-state index contributed by atoms with van der Waals surface area (Å²) in [5.74, 6) is 2.07. The van der Waals surface area contributed by atoms with E-state index in [0.717, 1.165) is 18.1 Å². The minimum absolute atomic E-state index is 0.228. The maximum atomic E-state index is 6.42. The molecular weight excluding hydrogens is 250 g/mol. The number of aromatic nitrogens is 2. The number of ether oxygens (including phenoxy) is 1. The molecule has 0 amide bonds. The molecule has 114 valence electrons. The first-order valence-electron chi connectivity index (χ1n) is 7.95. The molecule has 0 radical (unpaired) electrons. The standard InChI is InChI=1S/C16H29N3O/c1-5-6-12-7-8-14(17)13(9-12)16-15(20-4)10-18-19(16)11(2)3/h10-14H,5-9,17H2,1-4H3. The molecule has 4 heteroatoms. The van der Waals surface area contributed by atoms with Gasteiger partial charge in [-0.3, -0.25) is 4.68 Å². The van der Waals surface area contributed by atoms with Crippen molar-refractivity contribution in [3.05, 3.63) is 11.9 Å². The molecule has 1 heterocycles. The van der Waals surface area contributed by atoms with Crippen LogP contribution in [0.4, 0.5) is 0 Å². The molecule has 1 aromatic heterocycles. The van der Waals surface area contributed by atoms with Gasteiger partial charge in [-0.05, 0) is 39.0 Å². The Hall–Kier alpha value is -1.03. The number of methoxy groups -OCH3 is 1. The van der Waals surface area contributed by atoms with E-state index in [1.54, 1.807) is 7.11 Å². The van der Waals surface area contributed by atoms with Crippen LogP contribution in [0.3, 0.4) is 0 Å². The van der Waals surface area contributed by atoms with Crippen LogP contribution in [0.25, 0.3) is 0 Å². The number of nitrogens with two attached hydrogens (primary N) is 1. The Morgan fingerprint density at radius 1 is 1.45 bits per heavy atom. The van der Waals surface area contributed by atoms with Gasteiger partial charge in [0, 0.05) is 18.0 Å². The zero-order valence-corrected chi connectivity index (χ0v) is 13.3. The Balaban J connectivity index is 2.30. The normalized spacial score (nSPS) is 27.0. The van der Waals surface area contributed by atoms with Crippen LogP contribution in [-0.2, 0) is 0 Å². The molecule has 3 unspecified atom stereocenters. The van der Waals surface area contributed by atoms with E-state index in [9.17, 15) is 0 Å². The van der Waals surface area contributed by atoms with Crippen molar-refractivity contribution in [3.8, 4) is 5.75 Å². The zero-order chi connectivity index (χ0) is 14.7. The summed E-state index contributed by atoms with van der Waals surface area (Å²) < 4.78 is 7.63. The van der Waals surface area contributed by atoms with Crippen molar-refractivity contribution >= 4 is 0 Å². The minimum atomic E-state index is 0.228. The van der Waals surface area contributed by atoms with Gasteiger partial charge in [-0.2, -0.15) is 5.10 Å². The molecule has 0 spiro atoms. The Morgan fingerprint density at radius 2 is 2.20 bits per heavy atom. The Kier molecular flexibility index (Phi) is 5.08. The van der Waals surface area contributed by atoms with Crippen LogP contribution in [0.5, 0.6) is 5.75 Å². The number of hydrogen-bond donors (Lipinski definition) is 1. The van der Waals surface area contributed by atoms with Crippen molar-refractivity contribution in [1.29, 1.82) is 0 Å². The third-order valence-corrected chi connectivity index (χ3v) is 4.57. The van der Waals surface area contributed by atoms with Gasteiger partial charge in [-0.15, -0.1) is 0 Å². The predicted molar refractivity (Wildman–Crippen MR) is 82.1 cm³/mol. The van der Waals surface area contributed by atoms with Crippen molar-refractivity contribution in [1.82, 2.24) is 9.78 Å². The lowest BCUT2D eigenvalue weighted by Gasteiger charge is -2.35. The summed E-state index contributed by atoms with van der Waals surface area (Å²) in [6.45, 7) is 6.59. The molecule has 2 rings (SSSR count). The van der Waals surface area contributed by atoms with E-state index in [1.165, 1.54) is 31.4 Å². The van der Waals surface area contributed by atoms with E-state index in [2.05, 4.69) is 30.6 Å². The van der Waals surface area contributed by atoms with Crippen LogP contribution in [0, 0.1) is 5.92 Å². The molecule has 0 bridgehead atoms. The second-order valence-corrected chi connectivity index (χ2v) is 6.37. The van der Waals surface area contributed by atoms with Crippen LogP contribution in [0.2, 0.25) is 0 Å². The van der Waals surface area contributed by atoms with Gasteiger partial charge in [-0.25, -0.2) is 0 Å². The zero-order valence-electron chi connectivity index (χ0n) is 13.3. The molecule has 0 aliphatic heterocycles. The highest BCUT2D eigenvalue weighted by atomic mass is 16.5. The summed E-state index contributed by atoms with van der Waals surface area (Å²) in [5.41, 5.74) is 7.63. The second-order valence-electron chi connectivity index (χ2n) is 6.37. The Labute approximate surface area is 122 Å². The Morgan fingerprint density at radius 3 is 2.80 bits per heavy atom. The molecule has 1 aromatic rings. The summed E-state index contributed by atoms with van der Waals surface area (Å²) in [4.78, 5) is 0. The number of rotatable bonds is 5. The van der Waals surface area contributed by atoms with Crippen LogP contribution in [0.1, 0.15) is 70.5 Å². The molecule has 1 aliphatic rings. The average Bonchev–Trinajstić information content (AvgIpc) is 2.85. The highest BCUT2D eigenvalue weighted by molar-refractivity contribution is 5.31. The number of hydrogen-bond acceptors (Lipinski definition) is 3. The van der Waals surface area contributed by atoms with Crippen molar-refractivity contribution in [2.24, 2.45) is 11.7 Å². The molecule has 0 aromatic carbocycles. The van der Waals surface area contributed by atoms with Gasteiger partial charge in [0.25, 0.3) is 0 Å². The molecule has 3 atom stereocenters. The van der Waals surface area contributed by atoms with Crippen molar-refractivity contribution < 1.29 is 4.74 Å². The second kappa shape index (κ2) is 6.61. The topological polar surface area (TPSA) is 53.1 Å². The van der Waals surface area contributed by atoms with E-state index in [4.69, 9.17) is 10.5 Å². The Bertz CT molecular complexity index is 427. The van der Waals surface area contributed by atoms with Gasteiger partial charge >= 0.3 is 0 Å². The summed E-state index contributed by atoms with van der Waals surface area (Å²) in [6.07, 6.45) is 7.95. The van der Waals surface area contributed by atoms with Crippen molar-refractivity contribution in [2.75, 3.05) is 7.11 Å². The SMILES string of the molecule is CCCC1CCC(N)C(c2c(OC)cnn2C(C)C)C1. The highest BCUT2D eigenvalue weighted by Gasteiger charge is 2.33. The lowest BCUT2D eigenvalue weighted by molar-refractivity contribution is 0.257. The average molecular weight is 279 g/mol. The van der Waals surface area contributed by atoms with Gasteiger partial charge in [-0.1, -0.05) is 19.8 Å². The molecular formula is C16H29N3O. The molecule has 2 N–H and O–H groups in total. The smallest absolute Gasteiger partial charge is 0.160 e. The monoisotopic (exact) mass is 279 g/mol. The van der Waals surface area contributed by atoms with Crippen molar-refractivity contribution in [3.63, 3.8) is 0 Å². The molecule has 1 saturated carbocycles. The van der Waals surface area contributed by atoms with E-state index >= 15 is 0 Å². The van der Waals surface area contributed by atoms with Gasteiger partial charge in [0.15, 0.2) is 5.75 Å². The first-order chi connectivity index (χ1) is 9.58. The van der Waals surface area contributed by atoms with E-state index < -0.39 is 0 Å². The molecule has 20 heavy (non-hydrogen) atoms. The lowest BCUT2D eigenvalue weighted by atomic mass is 9.75. The summed E-state index contributed by atoms with van der Waals surface area (Å²) in [5, 5.41) is 4.50. The maximum Gasteiger partial charge on any atom is 0.160 e. The van der Waals surface area contributed by atoms with Crippen molar-refractivity contribution in [2.45, 2.75) is 70.9 Å². The maximum absolute atomic E-state index is 6.42. The van der Waals surface area contributed by atoms with Gasteiger partial charge < -0.3 is 10.5 Å². The largest absolute Gasteiger partial charge is 0.493 e. The molecule has 4 nitrogen and oxygen atoms in total. The van der Waals surface area contributed by atoms with Gasteiger partial charge in [0.1, 0.15) is 0 Å². The third-order valence-electron chi connectivity index (χ3n) is 4.57. The highest BCUT2D eigenvalue weighted by Crippen LogP contribution is 2.41. The first kappa shape index (κ1) is 15.4. The third kappa shape index (κ3) is 3.00. The number of nitrogens with zero attached hydrogens (tertiary/aromatic N) is 2. The van der Waals surface area contributed by atoms with E-state index in [-0.39, 0.29) is 6.04 Å². The van der Waals surface area contributed by atoms with Gasteiger partial charge in [0.2, 0.25) is 0 Å².